The molecule has 0 radical (unpaired) electrons. The number of carbonyl (C=O) groups is 1. The number of thiazole rings is 1. The molecule has 0 N–H and O–H groups in total. The largest absolute Gasteiger partial charge is 0.381 e. The molecule has 2 aliphatic rings. The van der Waals surface area contributed by atoms with Gasteiger partial charge in [0, 0.05) is 42.9 Å². The fourth-order valence-electron chi connectivity index (χ4n) is 2.92. The average Bonchev–Trinajstić information content (AvgIpc) is 3.02. The molecule has 22 heavy (non-hydrogen) atoms. The van der Waals surface area contributed by atoms with Crippen LogP contribution in [-0.4, -0.2) is 46.0 Å². The third-order valence-corrected chi connectivity index (χ3v) is 5.07. The maximum absolute atomic E-state index is 12.8. The molecule has 2 fully saturated rings. The van der Waals surface area contributed by atoms with E-state index in [0.29, 0.717) is 24.0 Å². The van der Waals surface area contributed by atoms with E-state index in [4.69, 9.17) is 4.74 Å². The number of amides is 1. The Balaban J connectivity index is 1.64. The monoisotopic (exact) mass is 319 g/mol. The molecule has 1 aliphatic heterocycles. The number of aromatic nitrogens is 2. The lowest BCUT2D eigenvalue weighted by atomic mass is 10.1. The number of ether oxygens (including phenoxy) is 1. The van der Waals surface area contributed by atoms with Crippen LogP contribution in [0.15, 0.2) is 22.6 Å². The van der Waals surface area contributed by atoms with Gasteiger partial charge in [0.25, 0.3) is 11.5 Å². The molecule has 2 aromatic heterocycles. The standard InChI is InChI=1S/C15H17N3O3S/c19-13-12(7-16-15-17(13)4-6-22-15)14(20)18(11-1-2-11)8-10-3-5-21-9-10/h4,6-7,10-11H,1-3,5,8-9H2/t10-/m1/s1. The van der Waals surface area contributed by atoms with Crippen LogP contribution in [0, 0.1) is 5.92 Å². The van der Waals surface area contributed by atoms with Crippen molar-refractivity contribution in [2.45, 2.75) is 25.3 Å². The fraction of sp³-hybridized carbons (Fsp3) is 0.533. The molecule has 1 amide bonds. The van der Waals surface area contributed by atoms with Crippen LogP contribution in [0.1, 0.15) is 29.6 Å². The molecule has 1 saturated heterocycles. The quantitative estimate of drug-likeness (QED) is 0.854. The second-order valence-corrected chi connectivity index (χ2v) is 6.82. The second-order valence-electron chi connectivity index (χ2n) is 5.95. The van der Waals surface area contributed by atoms with Crippen LogP contribution >= 0.6 is 11.3 Å². The van der Waals surface area contributed by atoms with Gasteiger partial charge in [0.05, 0.1) is 6.61 Å². The van der Waals surface area contributed by atoms with Crippen molar-refractivity contribution in [1.29, 1.82) is 0 Å². The van der Waals surface area contributed by atoms with Gasteiger partial charge in [-0.1, -0.05) is 0 Å². The van der Waals surface area contributed by atoms with E-state index < -0.39 is 0 Å². The van der Waals surface area contributed by atoms with Crippen LogP contribution in [0.3, 0.4) is 0 Å². The van der Waals surface area contributed by atoms with E-state index in [1.165, 1.54) is 21.9 Å². The van der Waals surface area contributed by atoms with Crippen LogP contribution in [0.5, 0.6) is 0 Å². The molecular weight excluding hydrogens is 302 g/mol. The molecular formula is C15H17N3O3S. The summed E-state index contributed by atoms with van der Waals surface area (Å²) in [7, 11) is 0. The van der Waals surface area contributed by atoms with Crippen molar-refractivity contribution in [2.24, 2.45) is 5.92 Å². The number of carbonyl (C=O) groups excluding carboxylic acids is 1. The highest BCUT2D eigenvalue weighted by Crippen LogP contribution is 2.30. The summed E-state index contributed by atoms with van der Waals surface area (Å²) in [6.45, 7) is 2.15. The Morgan fingerprint density at radius 3 is 3.05 bits per heavy atom. The number of fused-ring (bicyclic) bond motifs is 1. The molecule has 6 nitrogen and oxygen atoms in total. The molecule has 116 valence electrons. The normalized spacial score (nSPS) is 21.4. The first-order valence-electron chi connectivity index (χ1n) is 7.57. The summed E-state index contributed by atoms with van der Waals surface area (Å²) in [4.78, 5) is 32.0. The minimum Gasteiger partial charge on any atom is -0.381 e. The zero-order valence-electron chi connectivity index (χ0n) is 12.1. The van der Waals surface area contributed by atoms with Crippen molar-refractivity contribution in [2.75, 3.05) is 19.8 Å². The minimum atomic E-state index is -0.274. The van der Waals surface area contributed by atoms with Gasteiger partial charge in [-0.2, -0.15) is 0 Å². The van der Waals surface area contributed by atoms with E-state index in [1.807, 2.05) is 4.90 Å². The topological polar surface area (TPSA) is 63.9 Å². The highest BCUT2D eigenvalue weighted by Gasteiger charge is 2.36. The van der Waals surface area contributed by atoms with Gasteiger partial charge in [-0.3, -0.25) is 14.0 Å². The molecule has 0 aromatic carbocycles. The molecule has 0 bridgehead atoms. The summed E-state index contributed by atoms with van der Waals surface area (Å²) < 4.78 is 6.85. The van der Waals surface area contributed by atoms with Crippen molar-refractivity contribution < 1.29 is 9.53 Å². The van der Waals surface area contributed by atoms with Crippen molar-refractivity contribution in [3.63, 3.8) is 0 Å². The Morgan fingerprint density at radius 1 is 1.45 bits per heavy atom. The Morgan fingerprint density at radius 2 is 2.32 bits per heavy atom. The van der Waals surface area contributed by atoms with Crippen LogP contribution in [0.4, 0.5) is 0 Å². The number of hydrogen-bond donors (Lipinski definition) is 0. The first-order valence-corrected chi connectivity index (χ1v) is 8.45. The maximum Gasteiger partial charge on any atom is 0.271 e. The zero-order valence-corrected chi connectivity index (χ0v) is 12.9. The van der Waals surface area contributed by atoms with E-state index in [0.717, 1.165) is 25.9 Å². The predicted octanol–water partition coefficient (Wildman–Crippen LogP) is 1.40. The van der Waals surface area contributed by atoms with E-state index in [2.05, 4.69) is 4.98 Å². The van der Waals surface area contributed by atoms with Gasteiger partial charge in [0.2, 0.25) is 0 Å². The highest BCUT2D eigenvalue weighted by atomic mass is 32.1. The molecule has 4 rings (SSSR count). The third-order valence-electron chi connectivity index (χ3n) is 4.30. The van der Waals surface area contributed by atoms with Crippen molar-refractivity contribution in [3.8, 4) is 0 Å². The summed E-state index contributed by atoms with van der Waals surface area (Å²) >= 11 is 1.39. The Kier molecular flexibility index (Phi) is 3.46. The van der Waals surface area contributed by atoms with Crippen molar-refractivity contribution >= 4 is 22.2 Å². The summed E-state index contributed by atoms with van der Waals surface area (Å²) in [5, 5.41) is 1.80. The SMILES string of the molecule is O=C(c1cnc2sccn2c1=O)N(C[C@H]1CCOC1)C1CC1. The first kappa shape index (κ1) is 13.9. The van der Waals surface area contributed by atoms with E-state index in [1.54, 1.807) is 11.6 Å². The van der Waals surface area contributed by atoms with Gasteiger partial charge in [-0.15, -0.1) is 11.3 Å². The smallest absolute Gasteiger partial charge is 0.271 e. The van der Waals surface area contributed by atoms with Crippen molar-refractivity contribution in [3.05, 3.63) is 33.7 Å². The average molecular weight is 319 g/mol. The Hall–Kier alpha value is -1.73. The van der Waals surface area contributed by atoms with Crippen LogP contribution < -0.4 is 5.56 Å². The third kappa shape index (κ3) is 2.44. The molecule has 7 heteroatoms. The van der Waals surface area contributed by atoms with E-state index in [-0.39, 0.29) is 23.1 Å². The van der Waals surface area contributed by atoms with Gasteiger partial charge in [-0.05, 0) is 19.3 Å². The predicted molar refractivity (Wildman–Crippen MR) is 82.3 cm³/mol. The van der Waals surface area contributed by atoms with Gasteiger partial charge in [0.1, 0.15) is 5.56 Å². The number of hydrogen-bond acceptors (Lipinski definition) is 5. The first-order chi connectivity index (χ1) is 10.7. The Labute approximate surface area is 131 Å². The lowest BCUT2D eigenvalue weighted by Crippen LogP contribution is -2.40. The minimum absolute atomic E-state index is 0.168. The van der Waals surface area contributed by atoms with E-state index >= 15 is 0 Å². The van der Waals surface area contributed by atoms with Gasteiger partial charge in [-0.25, -0.2) is 4.98 Å². The Bertz CT molecular complexity index is 759. The van der Waals surface area contributed by atoms with Crippen molar-refractivity contribution in [1.82, 2.24) is 14.3 Å². The van der Waals surface area contributed by atoms with Gasteiger partial charge in [0.15, 0.2) is 4.96 Å². The summed E-state index contributed by atoms with van der Waals surface area (Å²) in [6, 6.07) is 0.274. The lowest BCUT2D eigenvalue weighted by Gasteiger charge is -2.24. The zero-order chi connectivity index (χ0) is 15.1. The van der Waals surface area contributed by atoms with Crippen LogP contribution in [0.25, 0.3) is 4.96 Å². The second kappa shape index (κ2) is 5.48. The van der Waals surface area contributed by atoms with Crippen LogP contribution in [-0.2, 0) is 4.74 Å². The van der Waals surface area contributed by atoms with Crippen LogP contribution in [0.2, 0.25) is 0 Å². The molecule has 1 atom stereocenters. The number of nitrogens with zero attached hydrogens (tertiary/aromatic N) is 3. The van der Waals surface area contributed by atoms with E-state index in [9.17, 15) is 9.59 Å². The van der Waals surface area contributed by atoms with Gasteiger partial charge >= 0.3 is 0 Å². The fourth-order valence-corrected chi connectivity index (χ4v) is 3.59. The molecule has 3 heterocycles. The maximum atomic E-state index is 12.8. The summed E-state index contributed by atoms with van der Waals surface area (Å²) in [5.41, 5.74) is -0.105. The number of rotatable bonds is 4. The molecule has 0 spiro atoms. The molecule has 2 aromatic rings. The lowest BCUT2D eigenvalue weighted by molar-refractivity contribution is 0.0704. The molecule has 1 aliphatic carbocycles. The highest BCUT2D eigenvalue weighted by molar-refractivity contribution is 7.15. The molecule has 0 unspecified atom stereocenters. The molecule has 1 saturated carbocycles. The van der Waals surface area contributed by atoms with Gasteiger partial charge < -0.3 is 9.64 Å². The summed E-state index contributed by atoms with van der Waals surface area (Å²) in [6.07, 6.45) is 6.12. The summed E-state index contributed by atoms with van der Waals surface area (Å²) in [5.74, 6) is 0.192.